The summed E-state index contributed by atoms with van der Waals surface area (Å²) in [5.41, 5.74) is 0. The first kappa shape index (κ1) is 19.8. The van der Waals surface area contributed by atoms with Crippen molar-refractivity contribution in [1.29, 1.82) is 0 Å². The molecule has 0 heterocycles. The molecule has 0 aromatic heterocycles. The molecule has 0 aliphatic carbocycles. The van der Waals surface area contributed by atoms with Gasteiger partial charge in [-0.05, 0) is 0 Å². The van der Waals surface area contributed by atoms with Crippen molar-refractivity contribution in [2.24, 2.45) is 0 Å². The van der Waals surface area contributed by atoms with Gasteiger partial charge in [0.2, 0.25) is 0 Å². The van der Waals surface area contributed by atoms with E-state index in [0.717, 1.165) is 0 Å². The van der Waals surface area contributed by atoms with Gasteiger partial charge in [0.15, 0.2) is 0 Å². The van der Waals surface area contributed by atoms with Gasteiger partial charge in [-0.2, -0.15) is 0 Å². The van der Waals surface area contributed by atoms with Crippen LogP contribution < -0.4 is 0 Å². The molecule has 0 amide bonds. The predicted molar refractivity (Wildman–Crippen MR) is 90.1 cm³/mol. The van der Waals surface area contributed by atoms with Crippen molar-refractivity contribution in [3.63, 3.8) is 0 Å². The molecule has 0 aliphatic rings. The van der Waals surface area contributed by atoms with Crippen LogP contribution in [-0.2, 0) is 0 Å². The number of unbranched alkanes of at least 4 members (excludes halogenated alkanes) is 15. The fraction of sp³-hybridized carbons (Fsp3) is 1.00. The van der Waals surface area contributed by atoms with E-state index in [2.05, 4.69) is 6.92 Å². The summed E-state index contributed by atoms with van der Waals surface area (Å²) in [7, 11) is 0. The average molecular weight is 372 g/mol. The predicted octanol–water partition coefficient (Wildman–Crippen LogP) is 6.83. The standard InChI is InChI=1S/C18H37.Sn/c1-3-5-7-9-11-13-15-17-18-16-14-12-10-8-6-4-2;/h1,3-18H2,2H3;. The quantitative estimate of drug-likeness (QED) is 0.206. The molecule has 113 valence electrons. The SMILES string of the molecule is CCCCCCCCCCCCCCCCC[CH2][Sn]. The average Bonchev–Trinajstić information content (AvgIpc) is 2.43. The van der Waals surface area contributed by atoms with Gasteiger partial charge < -0.3 is 0 Å². The Morgan fingerprint density at radius 2 is 0.684 bits per heavy atom. The van der Waals surface area contributed by atoms with Crippen LogP contribution in [0.25, 0.3) is 0 Å². The molecule has 0 rings (SSSR count). The summed E-state index contributed by atoms with van der Waals surface area (Å²) in [6.45, 7) is 2.30. The van der Waals surface area contributed by atoms with Crippen LogP contribution in [0.15, 0.2) is 0 Å². The normalized spacial score (nSPS) is 11.1. The molecule has 0 saturated heterocycles. The zero-order valence-electron chi connectivity index (χ0n) is 13.5. The molecule has 0 nitrogen and oxygen atoms in total. The molecule has 0 atom stereocenters. The monoisotopic (exact) mass is 373 g/mol. The van der Waals surface area contributed by atoms with Crippen molar-refractivity contribution in [2.45, 2.75) is 114 Å². The summed E-state index contributed by atoms with van der Waals surface area (Å²) in [5, 5.41) is 0. The Morgan fingerprint density at radius 1 is 0.421 bits per heavy atom. The number of hydrogen-bond donors (Lipinski definition) is 0. The molecule has 0 saturated carbocycles. The van der Waals surface area contributed by atoms with E-state index in [1.54, 1.807) is 22.5 Å². The minimum absolute atomic E-state index is 1.37. The Morgan fingerprint density at radius 3 is 0.947 bits per heavy atom. The molecule has 0 unspecified atom stereocenters. The topological polar surface area (TPSA) is 0 Å². The van der Waals surface area contributed by atoms with E-state index in [4.69, 9.17) is 0 Å². The third-order valence-electron chi connectivity index (χ3n) is 4.03. The summed E-state index contributed by atoms with van der Waals surface area (Å²) < 4.78 is 1.46. The summed E-state index contributed by atoms with van der Waals surface area (Å²) in [4.78, 5) is 0. The Bertz CT molecular complexity index is 129. The molecule has 1 heteroatoms. The molecule has 0 aromatic rings. The summed E-state index contributed by atoms with van der Waals surface area (Å²) >= 11 is 1.72. The second kappa shape index (κ2) is 18.8. The maximum absolute atomic E-state index is 2.30. The van der Waals surface area contributed by atoms with E-state index in [-0.39, 0.29) is 0 Å². The van der Waals surface area contributed by atoms with E-state index in [9.17, 15) is 0 Å². The van der Waals surface area contributed by atoms with Crippen LogP contribution in [0.2, 0.25) is 4.44 Å². The van der Waals surface area contributed by atoms with Gasteiger partial charge in [0.05, 0.1) is 0 Å². The van der Waals surface area contributed by atoms with Crippen molar-refractivity contribution in [1.82, 2.24) is 0 Å². The second-order valence-corrected chi connectivity index (χ2v) is 7.48. The Labute approximate surface area is 136 Å². The molecule has 0 bridgehead atoms. The van der Waals surface area contributed by atoms with Crippen LogP contribution >= 0.6 is 0 Å². The van der Waals surface area contributed by atoms with E-state index in [1.807, 2.05) is 0 Å². The Kier molecular flexibility index (Phi) is 19.6. The molecule has 0 N–H and O–H groups in total. The van der Waals surface area contributed by atoms with Gasteiger partial charge >= 0.3 is 97.6 Å². The van der Waals surface area contributed by atoms with Gasteiger partial charge in [0.1, 0.15) is 0 Å². The van der Waals surface area contributed by atoms with Crippen molar-refractivity contribution < 1.29 is 0 Å². The molecule has 3 radical (unpaired) electrons. The third-order valence-corrected chi connectivity index (χ3v) is 5.04. The van der Waals surface area contributed by atoms with Gasteiger partial charge in [0.25, 0.3) is 0 Å². The first-order valence-electron chi connectivity index (χ1n) is 9.06. The zero-order valence-corrected chi connectivity index (χ0v) is 16.4. The number of rotatable bonds is 16. The van der Waals surface area contributed by atoms with E-state index >= 15 is 0 Å². The van der Waals surface area contributed by atoms with Crippen LogP contribution in [0.5, 0.6) is 0 Å². The van der Waals surface area contributed by atoms with Crippen LogP contribution in [0.3, 0.4) is 0 Å². The van der Waals surface area contributed by atoms with E-state index in [0.29, 0.717) is 0 Å². The van der Waals surface area contributed by atoms with Gasteiger partial charge in [0, 0.05) is 0 Å². The number of hydrogen-bond acceptors (Lipinski definition) is 0. The molecular weight excluding hydrogens is 335 g/mol. The fourth-order valence-electron chi connectivity index (χ4n) is 2.67. The molecule has 0 aromatic carbocycles. The van der Waals surface area contributed by atoms with Gasteiger partial charge in [-0.1, -0.05) is 39.0 Å². The van der Waals surface area contributed by atoms with E-state index < -0.39 is 0 Å². The van der Waals surface area contributed by atoms with Crippen molar-refractivity contribution in [2.75, 3.05) is 0 Å². The summed E-state index contributed by atoms with van der Waals surface area (Å²) in [6, 6.07) is 0. The van der Waals surface area contributed by atoms with Crippen molar-refractivity contribution >= 4 is 22.5 Å². The van der Waals surface area contributed by atoms with Crippen LogP contribution in [0.4, 0.5) is 0 Å². The molecule has 0 spiro atoms. The van der Waals surface area contributed by atoms with Crippen LogP contribution in [0.1, 0.15) is 110 Å². The molecular formula is C18H37Sn. The van der Waals surface area contributed by atoms with E-state index in [1.165, 1.54) is 107 Å². The fourth-order valence-corrected chi connectivity index (χ4v) is 3.39. The first-order chi connectivity index (χ1) is 9.41. The third kappa shape index (κ3) is 18.8. The van der Waals surface area contributed by atoms with Gasteiger partial charge in [-0.15, -0.1) is 0 Å². The van der Waals surface area contributed by atoms with Crippen molar-refractivity contribution in [3.8, 4) is 0 Å². The summed E-state index contributed by atoms with van der Waals surface area (Å²) in [6.07, 6.45) is 23.7. The Hall–Kier alpha value is 0.799. The first-order valence-corrected chi connectivity index (χ1v) is 11.1. The minimum atomic E-state index is 1.37. The van der Waals surface area contributed by atoms with Crippen molar-refractivity contribution in [3.05, 3.63) is 0 Å². The second-order valence-electron chi connectivity index (χ2n) is 6.05. The van der Waals surface area contributed by atoms with Crippen LogP contribution in [0, 0.1) is 0 Å². The Balaban J connectivity index is 2.88. The zero-order chi connectivity index (χ0) is 14.0. The van der Waals surface area contributed by atoms with Gasteiger partial charge in [-0.3, -0.25) is 0 Å². The molecule has 19 heavy (non-hydrogen) atoms. The van der Waals surface area contributed by atoms with Gasteiger partial charge in [-0.25, -0.2) is 0 Å². The summed E-state index contributed by atoms with van der Waals surface area (Å²) in [5.74, 6) is 0. The van der Waals surface area contributed by atoms with Crippen LogP contribution in [-0.4, -0.2) is 22.5 Å². The molecule has 0 fully saturated rings. The molecule has 0 aliphatic heterocycles. The maximum atomic E-state index is 2.30.